The van der Waals surface area contributed by atoms with Crippen molar-refractivity contribution in [3.8, 4) is 0 Å². The van der Waals surface area contributed by atoms with Crippen molar-refractivity contribution in [1.29, 1.82) is 0 Å². The first-order valence-electron chi connectivity index (χ1n) is 6.53. The number of ether oxygens (including phenoxy) is 1. The molecule has 1 heterocycles. The zero-order valence-electron chi connectivity index (χ0n) is 12.4. The lowest BCUT2D eigenvalue weighted by molar-refractivity contribution is -0.111. The number of methoxy groups -OCH3 is 1. The van der Waals surface area contributed by atoms with Crippen LogP contribution in [0.3, 0.4) is 0 Å². The van der Waals surface area contributed by atoms with Gasteiger partial charge in [-0.3, -0.25) is 4.79 Å². The number of carbonyl (C=O) groups excluding carboxylic acids is 2. The zero-order chi connectivity index (χ0) is 17.0. The van der Waals surface area contributed by atoms with E-state index < -0.39 is 5.97 Å². The van der Waals surface area contributed by atoms with Crippen molar-refractivity contribution in [1.82, 2.24) is 0 Å². The number of nitrogens with one attached hydrogen (secondary N) is 1. The number of aryl methyl sites for hydroxylation is 1. The highest BCUT2D eigenvalue weighted by Crippen LogP contribution is 2.25. The van der Waals surface area contributed by atoms with Gasteiger partial charge in [0.1, 0.15) is 17.1 Å². The van der Waals surface area contributed by atoms with Crippen LogP contribution in [0.25, 0.3) is 6.08 Å². The van der Waals surface area contributed by atoms with Gasteiger partial charge < -0.3 is 14.5 Å². The van der Waals surface area contributed by atoms with E-state index >= 15 is 0 Å². The van der Waals surface area contributed by atoms with Gasteiger partial charge in [0.05, 0.1) is 17.8 Å². The molecule has 0 spiro atoms. The molecule has 0 aliphatic carbocycles. The molecule has 0 aliphatic heterocycles. The molecule has 0 fully saturated rings. The second kappa shape index (κ2) is 7.48. The number of esters is 1. The predicted octanol–water partition coefficient (Wildman–Crippen LogP) is 4.44. The van der Waals surface area contributed by atoms with E-state index in [9.17, 15) is 9.59 Å². The molecule has 2 rings (SSSR count). The second-order valence-corrected chi connectivity index (χ2v) is 5.88. The SMILES string of the molecule is COC(=O)c1cc(/C=C/C(=O)Nc2ccc(Br)cc2Cl)oc1C. The molecule has 0 aliphatic rings. The molecule has 1 aromatic heterocycles. The van der Waals surface area contributed by atoms with Gasteiger partial charge in [0.15, 0.2) is 0 Å². The van der Waals surface area contributed by atoms with Crippen LogP contribution in [0.1, 0.15) is 21.9 Å². The molecule has 1 amide bonds. The Morgan fingerprint density at radius 3 is 2.74 bits per heavy atom. The predicted molar refractivity (Wildman–Crippen MR) is 91.6 cm³/mol. The van der Waals surface area contributed by atoms with Gasteiger partial charge in [0.2, 0.25) is 5.91 Å². The number of hydrogen-bond acceptors (Lipinski definition) is 4. The molecule has 23 heavy (non-hydrogen) atoms. The largest absolute Gasteiger partial charge is 0.465 e. The molecule has 0 saturated carbocycles. The number of hydrogen-bond donors (Lipinski definition) is 1. The number of halogens is 2. The summed E-state index contributed by atoms with van der Waals surface area (Å²) in [5, 5.41) is 3.07. The number of carbonyl (C=O) groups is 2. The fourth-order valence-electron chi connectivity index (χ4n) is 1.82. The molecule has 1 N–H and O–H groups in total. The average Bonchev–Trinajstić information content (AvgIpc) is 2.88. The minimum atomic E-state index is -0.489. The van der Waals surface area contributed by atoms with Gasteiger partial charge in [0, 0.05) is 10.5 Å². The first-order valence-corrected chi connectivity index (χ1v) is 7.70. The quantitative estimate of drug-likeness (QED) is 0.610. The normalized spacial score (nSPS) is 10.8. The minimum absolute atomic E-state index is 0.323. The number of furan rings is 1. The molecule has 2 aromatic rings. The summed E-state index contributed by atoms with van der Waals surface area (Å²) in [7, 11) is 1.29. The maximum atomic E-state index is 11.9. The fourth-order valence-corrected chi connectivity index (χ4v) is 2.54. The third kappa shape index (κ3) is 4.46. The van der Waals surface area contributed by atoms with Crippen LogP contribution in [0.15, 0.2) is 39.2 Å². The van der Waals surface area contributed by atoms with Crippen molar-refractivity contribution in [3.05, 3.63) is 56.9 Å². The van der Waals surface area contributed by atoms with Gasteiger partial charge in [-0.05, 0) is 37.3 Å². The molecule has 0 radical (unpaired) electrons. The molecule has 1 aromatic carbocycles. The summed E-state index contributed by atoms with van der Waals surface area (Å²) in [4.78, 5) is 23.4. The van der Waals surface area contributed by atoms with E-state index in [-0.39, 0.29) is 5.91 Å². The Bertz CT molecular complexity index is 782. The third-order valence-electron chi connectivity index (χ3n) is 2.93. The molecule has 5 nitrogen and oxygen atoms in total. The van der Waals surface area contributed by atoms with E-state index in [0.29, 0.717) is 27.8 Å². The summed E-state index contributed by atoms with van der Waals surface area (Å²) in [5.41, 5.74) is 0.818. The highest BCUT2D eigenvalue weighted by atomic mass is 79.9. The van der Waals surface area contributed by atoms with Gasteiger partial charge in [0.25, 0.3) is 0 Å². The topological polar surface area (TPSA) is 68.5 Å². The van der Waals surface area contributed by atoms with Gasteiger partial charge in [-0.2, -0.15) is 0 Å². The summed E-state index contributed by atoms with van der Waals surface area (Å²) in [6.07, 6.45) is 2.75. The monoisotopic (exact) mass is 397 g/mol. The lowest BCUT2D eigenvalue weighted by atomic mass is 10.2. The van der Waals surface area contributed by atoms with E-state index in [1.54, 1.807) is 25.1 Å². The lowest BCUT2D eigenvalue weighted by Crippen LogP contribution is -2.08. The average molecular weight is 399 g/mol. The van der Waals surface area contributed by atoms with Crippen molar-refractivity contribution >= 4 is 51.2 Å². The summed E-state index contributed by atoms with van der Waals surface area (Å²) in [5.74, 6) is -0.0623. The summed E-state index contributed by atoms with van der Waals surface area (Å²) in [6, 6.07) is 6.64. The van der Waals surface area contributed by atoms with Crippen LogP contribution in [-0.4, -0.2) is 19.0 Å². The van der Waals surface area contributed by atoms with Crippen molar-refractivity contribution in [2.45, 2.75) is 6.92 Å². The van der Waals surface area contributed by atoms with Crippen molar-refractivity contribution in [2.24, 2.45) is 0 Å². The van der Waals surface area contributed by atoms with Gasteiger partial charge in [-0.1, -0.05) is 27.5 Å². The van der Waals surface area contributed by atoms with Crippen LogP contribution in [0.4, 0.5) is 5.69 Å². The number of rotatable bonds is 4. The molecule has 0 unspecified atom stereocenters. The summed E-state index contributed by atoms with van der Waals surface area (Å²) in [6.45, 7) is 1.64. The van der Waals surface area contributed by atoms with E-state index in [2.05, 4.69) is 26.0 Å². The molecule has 120 valence electrons. The fraction of sp³-hybridized carbons (Fsp3) is 0.125. The van der Waals surface area contributed by atoms with E-state index in [0.717, 1.165) is 4.47 Å². The van der Waals surface area contributed by atoms with Crippen LogP contribution < -0.4 is 5.32 Å². The van der Waals surface area contributed by atoms with Gasteiger partial charge in [-0.25, -0.2) is 4.79 Å². The Balaban J connectivity index is 2.08. The zero-order valence-corrected chi connectivity index (χ0v) is 14.7. The van der Waals surface area contributed by atoms with Crippen LogP contribution >= 0.6 is 27.5 Å². The standard InChI is InChI=1S/C16H13BrClNO4/c1-9-12(16(21)22-2)8-11(23-9)4-6-15(20)19-14-5-3-10(17)7-13(14)18/h3-8H,1-2H3,(H,19,20)/b6-4+. The summed E-state index contributed by atoms with van der Waals surface area (Å²) >= 11 is 9.32. The first-order chi connectivity index (χ1) is 10.9. The first kappa shape index (κ1) is 17.3. The Labute approximate surface area is 146 Å². The highest BCUT2D eigenvalue weighted by Gasteiger charge is 2.14. The molecule has 7 heteroatoms. The number of benzene rings is 1. The maximum Gasteiger partial charge on any atom is 0.341 e. The van der Waals surface area contributed by atoms with Crippen LogP contribution in [0.2, 0.25) is 5.02 Å². The Kier molecular flexibility index (Phi) is 5.63. The van der Waals surface area contributed by atoms with E-state index in [4.69, 9.17) is 16.0 Å². The van der Waals surface area contributed by atoms with Crippen LogP contribution in [-0.2, 0) is 9.53 Å². The van der Waals surface area contributed by atoms with Crippen molar-refractivity contribution < 1.29 is 18.7 Å². The maximum absolute atomic E-state index is 11.9. The molecular formula is C16H13BrClNO4. The smallest absolute Gasteiger partial charge is 0.341 e. The van der Waals surface area contributed by atoms with E-state index in [1.807, 2.05) is 0 Å². The summed E-state index contributed by atoms with van der Waals surface area (Å²) < 4.78 is 10.8. The number of amides is 1. The molecule has 0 bridgehead atoms. The van der Waals surface area contributed by atoms with Crippen molar-refractivity contribution in [2.75, 3.05) is 12.4 Å². The third-order valence-corrected chi connectivity index (χ3v) is 3.74. The Morgan fingerprint density at radius 2 is 2.09 bits per heavy atom. The molecule has 0 saturated heterocycles. The van der Waals surface area contributed by atoms with Gasteiger partial charge in [-0.15, -0.1) is 0 Å². The van der Waals surface area contributed by atoms with Crippen molar-refractivity contribution in [3.63, 3.8) is 0 Å². The van der Waals surface area contributed by atoms with Crippen LogP contribution in [0.5, 0.6) is 0 Å². The second-order valence-electron chi connectivity index (χ2n) is 4.56. The van der Waals surface area contributed by atoms with Crippen LogP contribution in [0, 0.1) is 6.92 Å². The lowest BCUT2D eigenvalue weighted by Gasteiger charge is -2.04. The molecular weight excluding hydrogens is 386 g/mol. The van der Waals surface area contributed by atoms with Gasteiger partial charge >= 0.3 is 5.97 Å². The Morgan fingerprint density at radius 1 is 1.35 bits per heavy atom. The Hall–Kier alpha value is -2.05. The van der Waals surface area contributed by atoms with E-state index in [1.165, 1.54) is 25.3 Å². The highest BCUT2D eigenvalue weighted by molar-refractivity contribution is 9.10. The minimum Gasteiger partial charge on any atom is -0.465 e. The number of anilines is 1. The molecule has 0 atom stereocenters.